The van der Waals surface area contributed by atoms with Crippen LogP contribution in [0, 0.1) is 6.92 Å². The second kappa shape index (κ2) is 11.7. The summed E-state index contributed by atoms with van der Waals surface area (Å²) < 4.78 is 7.03. The van der Waals surface area contributed by atoms with Gasteiger partial charge in [-0.25, -0.2) is 4.79 Å². The number of carbonyl (C=O) groups is 2. The molecule has 0 spiro atoms. The van der Waals surface area contributed by atoms with Crippen LogP contribution < -0.4 is 5.32 Å². The Hall–Kier alpha value is -3.14. The fraction of sp³-hybridized carbons (Fsp3) is 0.231. The minimum atomic E-state index is -0.487. The fourth-order valence-electron chi connectivity index (χ4n) is 3.83. The maximum atomic E-state index is 12.9. The molecule has 0 aliphatic heterocycles. The average molecular weight is 541 g/mol. The molecule has 1 N–H and O–H groups in total. The Balaban J connectivity index is 1.48. The van der Waals surface area contributed by atoms with Gasteiger partial charge in [-0.3, -0.25) is 4.79 Å². The van der Waals surface area contributed by atoms with Crippen LogP contribution in [0.5, 0.6) is 0 Å². The number of halogens is 1. The highest BCUT2D eigenvalue weighted by molar-refractivity contribution is 7.99. The lowest BCUT2D eigenvalue weighted by Gasteiger charge is -2.09. The van der Waals surface area contributed by atoms with Crippen molar-refractivity contribution < 1.29 is 14.3 Å². The molecular formula is C26H25ClN4O3S2. The zero-order valence-corrected chi connectivity index (χ0v) is 22.5. The van der Waals surface area contributed by atoms with Crippen LogP contribution in [0.25, 0.3) is 11.1 Å². The molecule has 1 amide bonds. The van der Waals surface area contributed by atoms with Crippen molar-refractivity contribution in [2.45, 2.75) is 32.0 Å². The van der Waals surface area contributed by atoms with Crippen molar-refractivity contribution in [2.24, 2.45) is 0 Å². The monoisotopic (exact) mass is 540 g/mol. The van der Waals surface area contributed by atoms with E-state index >= 15 is 0 Å². The summed E-state index contributed by atoms with van der Waals surface area (Å²) in [5, 5.41) is 13.4. The first-order chi connectivity index (χ1) is 17.4. The number of aromatic nitrogens is 3. The molecule has 0 unspecified atom stereocenters. The quantitative estimate of drug-likeness (QED) is 0.204. The van der Waals surface area contributed by atoms with E-state index in [0.717, 1.165) is 27.4 Å². The Morgan fingerprint density at radius 1 is 1.11 bits per heavy atom. The first kappa shape index (κ1) is 25.9. The highest BCUT2D eigenvalue weighted by atomic mass is 35.5. The van der Waals surface area contributed by atoms with E-state index < -0.39 is 5.97 Å². The van der Waals surface area contributed by atoms with Gasteiger partial charge >= 0.3 is 5.97 Å². The first-order valence-electron chi connectivity index (χ1n) is 11.3. The van der Waals surface area contributed by atoms with Gasteiger partial charge in [0.1, 0.15) is 16.4 Å². The van der Waals surface area contributed by atoms with Crippen molar-refractivity contribution >= 4 is 51.6 Å². The minimum absolute atomic E-state index is 0.122. The summed E-state index contributed by atoms with van der Waals surface area (Å²) in [4.78, 5) is 26.5. The SMILES string of the molecule is CCn1c(Cc2ccc(Cl)cc2)nnc1SCC(=O)Nc1sc(C)c(-c2ccccc2)c1C(=O)OC. The Bertz CT molecular complexity index is 1370. The van der Waals surface area contributed by atoms with Gasteiger partial charge in [0, 0.05) is 28.4 Å². The Morgan fingerprint density at radius 3 is 2.50 bits per heavy atom. The summed E-state index contributed by atoms with van der Waals surface area (Å²) in [6.07, 6.45) is 0.615. The van der Waals surface area contributed by atoms with Crippen LogP contribution in [-0.2, 0) is 22.5 Å². The second-order valence-corrected chi connectivity index (χ2v) is 10.5. The third kappa shape index (κ3) is 5.80. The zero-order valence-electron chi connectivity index (χ0n) is 20.1. The van der Waals surface area contributed by atoms with E-state index in [1.165, 1.54) is 30.2 Å². The molecule has 0 bridgehead atoms. The molecule has 0 saturated heterocycles. The van der Waals surface area contributed by atoms with Crippen LogP contribution >= 0.6 is 34.7 Å². The lowest BCUT2D eigenvalue weighted by Crippen LogP contribution is -2.16. The van der Waals surface area contributed by atoms with E-state index in [2.05, 4.69) is 15.5 Å². The largest absolute Gasteiger partial charge is 0.465 e. The van der Waals surface area contributed by atoms with E-state index in [1.807, 2.05) is 73.0 Å². The van der Waals surface area contributed by atoms with Crippen molar-refractivity contribution in [3.05, 3.63) is 81.4 Å². The van der Waals surface area contributed by atoms with E-state index in [0.29, 0.717) is 33.7 Å². The van der Waals surface area contributed by atoms with Crippen LogP contribution in [0.2, 0.25) is 5.02 Å². The Morgan fingerprint density at radius 2 is 1.83 bits per heavy atom. The van der Waals surface area contributed by atoms with Crippen molar-refractivity contribution in [2.75, 3.05) is 18.2 Å². The molecule has 0 fully saturated rings. The number of nitrogens with one attached hydrogen (secondary N) is 1. The molecule has 2 aromatic heterocycles. The maximum Gasteiger partial charge on any atom is 0.341 e. The van der Waals surface area contributed by atoms with Crippen LogP contribution in [0.4, 0.5) is 5.00 Å². The van der Waals surface area contributed by atoms with Gasteiger partial charge in [-0.05, 0) is 37.1 Å². The Labute approximate surface area is 222 Å². The van der Waals surface area contributed by atoms with E-state index in [1.54, 1.807) is 0 Å². The zero-order chi connectivity index (χ0) is 25.7. The van der Waals surface area contributed by atoms with Gasteiger partial charge in [-0.2, -0.15) is 0 Å². The molecule has 36 heavy (non-hydrogen) atoms. The first-order valence-corrected chi connectivity index (χ1v) is 13.5. The number of benzene rings is 2. The molecule has 0 radical (unpaired) electrons. The van der Waals surface area contributed by atoms with Gasteiger partial charge in [-0.1, -0.05) is 65.8 Å². The van der Waals surface area contributed by atoms with Gasteiger partial charge in [-0.15, -0.1) is 21.5 Å². The predicted molar refractivity (Wildman–Crippen MR) is 145 cm³/mol. The van der Waals surface area contributed by atoms with Crippen molar-refractivity contribution in [1.82, 2.24) is 14.8 Å². The number of rotatable bonds is 9. The summed E-state index contributed by atoms with van der Waals surface area (Å²) in [5.41, 5.74) is 3.11. The number of nitrogens with zero attached hydrogens (tertiary/aromatic N) is 3. The van der Waals surface area contributed by atoms with Crippen LogP contribution in [-0.4, -0.2) is 39.5 Å². The lowest BCUT2D eigenvalue weighted by molar-refractivity contribution is -0.113. The second-order valence-electron chi connectivity index (χ2n) is 7.88. The molecule has 10 heteroatoms. The number of thioether (sulfide) groups is 1. The highest BCUT2D eigenvalue weighted by Gasteiger charge is 2.25. The van der Waals surface area contributed by atoms with E-state index in [-0.39, 0.29) is 11.7 Å². The summed E-state index contributed by atoms with van der Waals surface area (Å²) in [6, 6.07) is 17.2. The van der Waals surface area contributed by atoms with Gasteiger partial charge in [0.15, 0.2) is 5.16 Å². The number of esters is 1. The standard InChI is InChI=1S/C26H25ClN4O3S2/c1-4-31-20(14-17-10-12-19(27)13-11-17)29-30-26(31)35-15-21(32)28-24-23(25(33)34-3)22(16(2)36-24)18-8-6-5-7-9-18/h5-13H,4,14-15H2,1-3H3,(H,28,32). The smallest absolute Gasteiger partial charge is 0.341 e. The summed E-state index contributed by atoms with van der Waals surface area (Å²) in [6.45, 7) is 4.62. The van der Waals surface area contributed by atoms with Gasteiger partial charge < -0.3 is 14.6 Å². The number of ether oxygens (including phenoxy) is 1. The number of amides is 1. The molecule has 186 valence electrons. The summed E-state index contributed by atoms with van der Waals surface area (Å²) in [7, 11) is 1.34. The molecule has 7 nitrogen and oxygen atoms in total. The molecule has 2 aromatic carbocycles. The molecule has 0 saturated carbocycles. The van der Waals surface area contributed by atoms with Crippen molar-refractivity contribution in [3.63, 3.8) is 0 Å². The molecule has 4 rings (SSSR count). The van der Waals surface area contributed by atoms with Gasteiger partial charge in [0.05, 0.1) is 12.9 Å². The van der Waals surface area contributed by atoms with Crippen LogP contribution in [0.3, 0.4) is 0 Å². The number of anilines is 1. The van der Waals surface area contributed by atoms with E-state index in [9.17, 15) is 9.59 Å². The summed E-state index contributed by atoms with van der Waals surface area (Å²) in [5.74, 6) is 0.212. The minimum Gasteiger partial charge on any atom is -0.465 e. The molecule has 0 aliphatic rings. The molecule has 4 aromatic rings. The van der Waals surface area contributed by atoms with Gasteiger partial charge in [0.2, 0.25) is 5.91 Å². The molecule has 0 atom stereocenters. The number of hydrogen-bond acceptors (Lipinski definition) is 7. The topological polar surface area (TPSA) is 86.1 Å². The summed E-state index contributed by atoms with van der Waals surface area (Å²) >= 11 is 8.65. The van der Waals surface area contributed by atoms with Crippen molar-refractivity contribution in [1.29, 1.82) is 0 Å². The molecular weight excluding hydrogens is 516 g/mol. The van der Waals surface area contributed by atoms with Gasteiger partial charge in [0.25, 0.3) is 0 Å². The number of methoxy groups -OCH3 is 1. The Kier molecular flexibility index (Phi) is 8.45. The van der Waals surface area contributed by atoms with Crippen molar-refractivity contribution in [3.8, 4) is 11.1 Å². The van der Waals surface area contributed by atoms with E-state index in [4.69, 9.17) is 16.3 Å². The average Bonchev–Trinajstić information content (AvgIpc) is 3.43. The molecule has 2 heterocycles. The number of aryl methyl sites for hydroxylation is 1. The highest BCUT2D eigenvalue weighted by Crippen LogP contribution is 2.40. The number of carbonyl (C=O) groups excluding carboxylic acids is 2. The van der Waals surface area contributed by atoms with Crippen LogP contribution in [0.15, 0.2) is 59.8 Å². The predicted octanol–water partition coefficient (Wildman–Crippen LogP) is 6.10. The molecule has 0 aliphatic carbocycles. The van der Waals surface area contributed by atoms with Crippen LogP contribution in [0.1, 0.15) is 33.5 Å². The fourth-order valence-corrected chi connectivity index (χ4v) is 5.86. The third-order valence-corrected chi connectivity index (χ3v) is 7.75. The number of hydrogen-bond donors (Lipinski definition) is 1. The maximum absolute atomic E-state index is 12.9. The normalized spacial score (nSPS) is 10.9. The lowest BCUT2D eigenvalue weighted by atomic mass is 10.0. The number of thiophene rings is 1. The third-order valence-electron chi connectivity index (χ3n) is 5.51.